The van der Waals surface area contributed by atoms with Crippen LogP contribution in [-0.4, -0.2) is 18.3 Å². The molecule has 0 spiro atoms. The van der Waals surface area contributed by atoms with E-state index >= 15 is 0 Å². The molecule has 0 radical (unpaired) electrons. The highest BCUT2D eigenvalue weighted by molar-refractivity contribution is 6.12. The first-order chi connectivity index (χ1) is 39.7. The molecule has 4 aromatic heterocycles. The summed E-state index contributed by atoms with van der Waals surface area (Å²) in [6, 6.07) is 102. The van der Waals surface area contributed by atoms with Crippen LogP contribution in [-0.2, 0) is 0 Å². The van der Waals surface area contributed by atoms with Gasteiger partial charge in [-0.2, -0.15) is 0 Å². The number of benzene rings is 12. The maximum absolute atomic E-state index is 2.42. The maximum atomic E-state index is 2.42. The van der Waals surface area contributed by atoms with Crippen molar-refractivity contribution in [1.82, 2.24) is 18.3 Å². The molecule has 0 N–H and O–H groups in total. The first-order valence-electron chi connectivity index (χ1n) is 27.5. The molecule has 0 aliphatic heterocycles. The molecule has 0 aliphatic carbocycles. The van der Waals surface area contributed by atoms with Crippen molar-refractivity contribution >= 4 is 112 Å². The molecule has 0 fully saturated rings. The van der Waals surface area contributed by atoms with Gasteiger partial charge in [0.1, 0.15) is 0 Å². The van der Waals surface area contributed by atoms with Crippen molar-refractivity contribution < 1.29 is 0 Å². The van der Waals surface area contributed by atoms with Crippen molar-refractivity contribution in [3.05, 3.63) is 301 Å². The Hall–Kier alpha value is -10.7. The standard InChI is InChI=1S/C76H50N4/c1-9-25-69-61(17-1)62-18-2-10-26-70(62)77(69)57-45-53(46-58(49-57)78-71-27-11-3-19-63(71)64-20-4-12-28-72(64)78)35-33-51-37-41-55(42-38-51)56-43-39-52(40-44-56)34-36-54-47-59(79-73-29-13-5-21-65(73)66-22-6-14-30-74(66)79)50-60(48-54)80-75-31-15-7-23-67(75)68-24-8-16-32-76(68)80/h1-50H/b35-33+,36-34?. The molecular formula is C76H50N4. The Labute approximate surface area is 462 Å². The van der Waals surface area contributed by atoms with E-state index in [-0.39, 0.29) is 0 Å². The second-order valence-corrected chi connectivity index (χ2v) is 21.0. The Morgan fingerprint density at radius 3 is 0.575 bits per heavy atom. The summed E-state index contributed by atoms with van der Waals surface area (Å²) in [5, 5.41) is 9.98. The topological polar surface area (TPSA) is 19.7 Å². The van der Waals surface area contributed by atoms with E-state index in [1.54, 1.807) is 0 Å². The van der Waals surface area contributed by atoms with E-state index in [9.17, 15) is 0 Å². The fourth-order valence-electron chi connectivity index (χ4n) is 12.7. The third kappa shape index (κ3) is 7.45. The predicted molar refractivity (Wildman–Crippen MR) is 340 cm³/mol. The molecule has 16 rings (SSSR count). The van der Waals surface area contributed by atoms with Gasteiger partial charge >= 0.3 is 0 Å². The Bertz CT molecular complexity index is 4370. The number of hydrogen-bond acceptors (Lipinski definition) is 0. The van der Waals surface area contributed by atoms with Crippen LogP contribution in [0, 0.1) is 0 Å². The molecule has 4 heteroatoms. The molecule has 4 heterocycles. The molecule has 12 aromatic carbocycles. The van der Waals surface area contributed by atoms with Gasteiger partial charge in [0.2, 0.25) is 0 Å². The summed E-state index contributed by atoms with van der Waals surface area (Å²) < 4.78 is 9.68. The van der Waals surface area contributed by atoms with E-state index in [0.29, 0.717) is 0 Å². The Balaban J connectivity index is 0.732. The lowest BCUT2D eigenvalue weighted by atomic mass is 10.0. The normalized spacial score (nSPS) is 12.2. The highest BCUT2D eigenvalue weighted by atomic mass is 15.0. The van der Waals surface area contributed by atoms with Gasteiger partial charge in [0.05, 0.1) is 44.1 Å². The van der Waals surface area contributed by atoms with Crippen LogP contribution in [0.2, 0.25) is 0 Å². The average Bonchev–Trinajstić information content (AvgIpc) is 4.28. The predicted octanol–water partition coefficient (Wildman–Crippen LogP) is 20.1. The lowest BCUT2D eigenvalue weighted by molar-refractivity contribution is 1.13. The molecule has 80 heavy (non-hydrogen) atoms. The minimum atomic E-state index is 1.12. The van der Waals surface area contributed by atoms with Gasteiger partial charge in [0.15, 0.2) is 0 Å². The number of hydrogen-bond donors (Lipinski definition) is 0. The molecule has 4 nitrogen and oxygen atoms in total. The van der Waals surface area contributed by atoms with Gasteiger partial charge in [-0.25, -0.2) is 0 Å². The van der Waals surface area contributed by atoms with Crippen molar-refractivity contribution in [2.75, 3.05) is 0 Å². The van der Waals surface area contributed by atoms with E-state index < -0.39 is 0 Å². The van der Waals surface area contributed by atoms with Crippen LogP contribution in [0.1, 0.15) is 22.3 Å². The van der Waals surface area contributed by atoms with Crippen molar-refractivity contribution in [3.8, 4) is 33.9 Å². The summed E-state index contributed by atoms with van der Waals surface area (Å²) in [5.41, 5.74) is 20.8. The molecule has 374 valence electrons. The minimum absolute atomic E-state index is 1.12. The van der Waals surface area contributed by atoms with Gasteiger partial charge in [-0.05, 0) is 118 Å². The highest BCUT2D eigenvalue weighted by Crippen LogP contribution is 2.39. The van der Waals surface area contributed by atoms with Gasteiger partial charge in [0.25, 0.3) is 0 Å². The Morgan fingerprint density at radius 2 is 0.362 bits per heavy atom. The second kappa shape index (κ2) is 18.5. The highest BCUT2D eigenvalue weighted by Gasteiger charge is 2.19. The van der Waals surface area contributed by atoms with Gasteiger partial charge in [-0.1, -0.05) is 218 Å². The van der Waals surface area contributed by atoms with Crippen LogP contribution in [0.3, 0.4) is 0 Å². The number of fused-ring (bicyclic) bond motifs is 12. The van der Waals surface area contributed by atoms with E-state index in [2.05, 4.69) is 322 Å². The van der Waals surface area contributed by atoms with Crippen molar-refractivity contribution in [3.63, 3.8) is 0 Å². The van der Waals surface area contributed by atoms with Gasteiger partial charge in [0, 0.05) is 65.8 Å². The molecule has 0 amide bonds. The van der Waals surface area contributed by atoms with Crippen molar-refractivity contribution in [2.45, 2.75) is 0 Å². The smallest absolute Gasteiger partial charge is 0.0541 e. The van der Waals surface area contributed by atoms with Crippen molar-refractivity contribution in [1.29, 1.82) is 0 Å². The third-order valence-electron chi connectivity index (χ3n) is 16.3. The molecule has 0 saturated heterocycles. The Kier molecular flexibility index (Phi) is 10.5. The summed E-state index contributed by atoms with van der Waals surface area (Å²) in [4.78, 5) is 0. The molecule has 16 aromatic rings. The van der Waals surface area contributed by atoms with E-state index in [0.717, 1.165) is 45.0 Å². The summed E-state index contributed by atoms with van der Waals surface area (Å²) in [5.74, 6) is 0. The molecule has 0 aliphatic rings. The van der Waals surface area contributed by atoms with Gasteiger partial charge in [-0.3, -0.25) is 0 Å². The minimum Gasteiger partial charge on any atom is -0.309 e. The van der Waals surface area contributed by atoms with Crippen LogP contribution >= 0.6 is 0 Å². The van der Waals surface area contributed by atoms with Crippen molar-refractivity contribution in [2.24, 2.45) is 0 Å². The van der Waals surface area contributed by atoms with Crippen LogP contribution < -0.4 is 0 Å². The number of rotatable bonds is 9. The van der Waals surface area contributed by atoms with Crippen LogP contribution in [0.25, 0.3) is 145 Å². The summed E-state index contributed by atoms with van der Waals surface area (Å²) in [6.07, 6.45) is 8.99. The largest absolute Gasteiger partial charge is 0.309 e. The summed E-state index contributed by atoms with van der Waals surface area (Å²) >= 11 is 0. The van der Waals surface area contributed by atoms with Crippen LogP contribution in [0.4, 0.5) is 0 Å². The van der Waals surface area contributed by atoms with E-state index in [4.69, 9.17) is 0 Å². The maximum Gasteiger partial charge on any atom is 0.0541 e. The summed E-state index contributed by atoms with van der Waals surface area (Å²) in [6.45, 7) is 0. The summed E-state index contributed by atoms with van der Waals surface area (Å²) in [7, 11) is 0. The first-order valence-corrected chi connectivity index (χ1v) is 27.5. The number of para-hydroxylation sites is 8. The lowest BCUT2D eigenvalue weighted by Gasteiger charge is -2.14. The fourth-order valence-corrected chi connectivity index (χ4v) is 12.7. The molecule has 0 unspecified atom stereocenters. The average molecular weight is 1020 g/mol. The molecule has 0 atom stereocenters. The number of nitrogens with zero attached hydrogens (tertiary/aromatic N) is 4. The number of aromatic nitrogens is 4. The SMILES string of the molecule is C(=Cc1cc(-n2c3ccccc3c3ccccc32)cc(-n2c3ccccc3c3ccccc32)c1)c1ccc(-c2ccc(/C=C/c3cc(-n4c5ccccc5c5ccccc54)cc(-n4c5ccccc5c5ccccc54)c3)cc2)cc1. The molecular weight excluding hydrogens is 969 g/mol. The Morgan fingerprint density at radius 1 is 0.175 bits per heavy atom. The monoisotopic (exact) mass is 1020 g/mol. The fraction of sp³-hybridized carbons (Fsp3) is 0. The quantitative estimate of drug-likeness (QED) is 0.128. The van der Waals surface area contributed by atoms with E-state index in [1.807, 2.05) is 0 Å². The zero-order chi connectivity index (χ0) is 52.7. The second-order valence-electron chi connectivity index (χ2n) is 21.0. The van der Waals surface area contributed by atoms with Crippen LogP contribution in [0.5, 0.6) is 0 Å². The lowest BCUT2D eigenvalue weighted by Crippen LogP contribution is -2.00. The zero-order valence-electron chi connectivity index (χ0n) is 43.7. The zero-order valence-corrected chi connectivity index (χ0v) is 43.7. The van der Waals surface area contributed by atoms with Crippen LogP contribution in [0.15, 0.2) is 279 Å². The van der Waals surface area contributed by atoms with Gasteiger partial charge < -0.3 is 18.3 Å². The molecule has 0 saturated carbocycles. The van der Waals surface area contributed by atoms with E-state index in [1.165, 1.54) is 98.4 Å². The van der Waals surface area contributed by atoms with Gasteiger partial charge in [-0.15, -0.1) is 0 Å². The third-order valence-corrected chi connectivity index (χ3v) is 16.3. The molecule has 0 bridgehead atoms. The first kappa shape index (κ1) is 45.5.